The molecule has 8 heteroatoms. The van der Waals surface area contributed by atoms with Gasteiger partial charge in [-0.1, -0.05) is 29.0 Å². The molecule has 0 fully saturated rings. The molecule has 0 unspecified atom stereocenters. The molecule has 0 atom stereocenters. The summed E-state index contributed by atoms with van der Waals surface area (Å²) in [5.41, 5.74) is 3.94. The summed E-state index contributed by atoms with van der Waals surface area (Å²) in [6, 6.07) is 9.57. The zero-order chi connectivity index (χ0) is 19.8. The number of nitrogens with zero attached hydrogens (tertiary/aromatic N) is 4. The summed E-state index contributed by atoms with van der Waals surface area (Å²) in [6.45, 7) is 7.07. The molecule has 0 spiro atoms. The summed E-state index contributed by atoms with van der Waals surface area (Å²) in [6.07, 6.45) is 0. The van der Waals surface area contributed by atoms with E-state index in [1.54, 1.807) is 4.90 Å². The van der Waals surface area contributed by atoms with Gasteiger partial charge in [0.2, 0.25) is 0 Å². The van der Waals surface area contributed by atoms with E-state index in [-0.39, 0.29) is 5.91 Å². The molecule has 0 aliphatic heterocycles. The Hall–Kier alpha value is -2.22. The first-order valence-corrected chi connectivity index (χ1v) is 10.9. The van der Waals surface area contributed by atoms with Gasteiger partial charge in [0.15, 0.2) is 5.13 Å². The number of rotatable bonds is 5. The van der Waals surface area contributed by atoms with E-state index < -0.39 is 0 Å². The molecule has 0 aliphatic rings. The normalized spacial score (nSPS) is 11.3. The number of carbonyl (C=O) groups is 1. The van der Waals surface area contributed by atoms with Gasteiger partial charge < -0.3 is 0 Å². The quantitative estimate of drug-likeness (QED) is 0.421. The molecule has 3 aromatic heterocycles. The van der Waals surface area contributed by atoms with E-state index in [2.05, 4.69) is 5.10 Å². The van der Waals surface area contributed by atoms with Crippen molar-refractivity contribution < 1.29 is 4.79 Å². The molecule has 4 rings (SSSR count). The molecule has 28 heavy (non-hydrogen) atoms. The van der Waals surface area contributed by atoms with E-state index in [4.69, 9.17) is 16.6 Å². The van der Waals surface area contributed by atoms with Gasteiger partial charge in [0.25, 0.3) is 5.91 Å². The number of thiazole rings is 1. The number of carbonyl (C=O) groups excluding carboxylic acids is 1. The first-order valence-electron chi connectivity index (χ1n) is 8.85. The Labute approximate surface area is 176 Å². The highest BCUT2D eigenvalue weighted by Gasteiger charge is 2.23. The Kier molecular flexibility index (Phi) is 5.23. The van der Waals surface area contributed by atoms with Crippen LogP contribution >= 0.6 is 34.3 Å². The number of amides is 1. The predicted molar refractivity (Wildman–Crippen MR) is 117 cm³/mol. The lowest BCUT2D eigenvalue weighted by atomic mass is 10.2. The van der Waals surface area contributed by atoms with Crippen LogP contribution < -0.4 is 4.90 Å². The van der Waals surface area contributed by atoms with Crippen LogP contribution in [0, 0.1) is 20.8 Å². The number of fused-ring (bicyclic) bond motifs is 1. The number of thiophene rings is 1. The predicted octanol–water partition coefficient (Wildman–Crippen LogP) is 5.48. The monoisotopic (exact) mass is 430 g/mol. The number of anilines is 1. The van der Waals surface area contributed by atoms with Crippen LogP contribution in [0.15, 0.2) is 35.7 Å². The van der Waals surface area contributed by atoms with E-state index >= 15 is 0 Å². The van der Waals surface area contributed by atoms with Gasteiger partial charge in [-0.05, 0) is 56.0 Å². The fourth-order valence-electron chi connectivity index (χ4n) is 3.17. The smallest absolute Gasteiger partial charge is 0.270 e. The first-order chi connectivity index (χ1) is 13.4. The first kappa shape index (κ1) is 19.1. The number of hydrogen-bond acceptors (Lipinski definition) is 5. The van der Waals surface area contributed by atoms with Crippen LogP contribution in [0.3, 0.4) is 0 Å². The number of aromatic nitrogens is 3. The maximum absolute atomic E-state index is 13.2. The minimum absolute atomic E-state index is 0.0423. The SMILES string of the molecule is Cc1cc(C)n(CCN(C(=O)c2cccs2)c2nc3c(C)cc(Cl)cc3s2)n1. The summed E-state index contributed by atoms with van der Waals surface area (Å²) in [5.74, 6) is -0.0423. The Morgan fingerprint density at radius 2 is 2.07 bits per heavy atom. The largest absolute Gasteiger partial charge is 0.281 e. The molecule has 0 bridgehead atoms. The van der Waals surface area contributed by atoms with Crippen molar-refractivity contribution in [1.82, 2.24) is 14.8 Å². The maximum Gasteiger partial charge on any atom is 0.270 e. The third-order valence-corrected chi connectivity index (χ3v) is 6.59. The molecule has 3 heterocycles. The average molecular weight is 431 g/mol. The van der Waals surface area contributed by atoms with Crippen LogP contribution in [0.4, 0.5) is 5.13 Å². The number of benzene rings is 1. The van der Waals surface area contributed by atoms with Gasteiger partial charge >= 0.3 is 0 Å². The van der Waals surface area contributed by atoms with Gasteiger partial charge in [0.05, 0.1) is 27.3 Å². The Morgan fingerprint density at radius 3 is 2.75 bits per heavy atom. The van der Waals surface area contributed by atoms with Crippen molar-refractivity contribution in [3.05, 3.63) is 62.6 Å². The molecule has 0 aliphatic carbocycles. The standard InChI is InChI=1S/C20H19ClN4OS2/c1-12-9-15(21)11-17-18(12)22-20(28-17)24(19(26)16-5-4-8-27-16)6-7-25-14(3)10-13(2)23-25/h4-5,8-11H,6-7H2,1-3H3. The van der Waals surface area contributed by atoms with Crippen LogP contribution in [0.2, 0.25) is 5.02 Å². The third-order valence-electron chi connectivity index (χ3n) is 4.49. The van der Waals surface area contributed by atoms with E-state index in [1.807, 2.05) is 61.2 Å². The van der Waals surface area contributed by atoms with Gasteiger partial charge in [0.1, 0.15) is 0 Å². The van der Waals surface area contributed by atoms with Crippen molar-refractivity contribution in [2.24, 2.45) is 0 Å². The van der Waals surface area contributed by atoms with Crippen LogP contribution in [-0.2, 0) is 6.54 Å². The zero-order valence-electron chi connectivity index (χ0n) is 15.8. The zero-order valence-corrected chi connectivity index (χ0v) is 18.2. The average Bonchev–Trinajstić information content (AvgIpc) is 3.35. The molecular weight excluding hydrogens is 412 g/mol. The van der Waals surface area contributed by atoms with Crippen LogP contribution in [0.25, 0.3) is 10.2 Å². The second-order valence-electron chi connectivity index (χ2n) is 6.65. The Balaban J connectivity index is 1.71. The minimum atomic E-state index is -0.0423. The lowest BCUT2D eigenvalue weighted by Gasteiger charge is -2.19. The highest BCUT2D eigenvalue weighted by Crippen LogP contribution is 2.34. The lowest BCUT2D eigenvalue weighted by molar-refractivity contribution is 0.0989. The third kappa shape index (κ3) is 3.70. The van der Waals surface area contributed by atoms with Crippen molar-refractivity contribution in [3.63, 3.8) is 0 Å². The molecule has 0 N–H and O–H groups in total. The summed E-state index contributed by atoms with van der Waals surface area (Å²) in [5, 5.41) is 7.79. The summed E-state index contributed by atoms with van der Waals surface area (Å²) < 4.78 is 2.91. The van der Waals surface area contributed by atoms with E-state index in [0.29, 0.717) is 28.1 Å². The summed E-state index contributed by atoms with van der Waals surface area (Å²) in [7, 11) is 0. The molecule has 4 aromatic rings. The van der Waals surface area contributed by atoms with Gasteiger partial charge in [-0.25, -0.2) is 4.98 Å². The Bertz CT molecular complexity index is 1150. The molecule has 144 valence electrons. The second kappa shape index (κ2) is 7.66. The maximum atomic E-state index is 13.2. The van der Waals surface area contributed by atoms with Crippen LogP contribution in [0.5, 0.6) is 0 Å². The van der Waals surface area contributed by atoms with Gasteiger partial charge in [-0.3, -0.25) is 14.4 Å². The van der Waals surface area contributed by atoms with Gasteiger partial charge in [0, 0.05) is 17.3 Å². The topological polar surface area (TPSA) is 51.0 Å². The Morgan fingerprint density at radius 1 is 1.25 bits per heavy atom. The van der Waals surface area contributed by atoms with Crippen molar-refractivity contribution in [3.8, 4) is 0 Å². The van der Waals surface area contributed by atoms with Gasteiger partial charge in [-0.2, -0.15) is 5.10 Å². The van der Waals surface area contributed by atoms with Crippen molar-refractivity contribution >= 4 is 55.5 Å². The molecule has 5 nitrogen and oxygen atoms in total. The second-order valence-corrected chi connectivity index (χ2v) is 9.04. The number of halogens is 1. The van der Waals surface area contributed by atoms with Crippen molar-refractivity contribution in [1.29, 1.82) is 0 Å². The number of hydrogen-bond donors (Lipinski definition) is 0. The summed E-state index contributed by atoms with van der Waals surface area (Å²) >= 11 is 9.13. The molecule has 0 saturated heterocycles. The van der Waals surface area contributed by atoms with Gasteiger partial charge in [-0.15, -0.1) is 11.3 Å². The molecule has 1 aromatic carbocycles. The van der Waals surface area contributed by atoms with Crippen molar-refractivity contribution in [2.75, 3.05) is 11.4 Å². The van der Waals surface area contributed by atoms with E-state index in [9.17, 15) is 4.79 Å². The minimum Gasteiger partial charge on any atom is -0.281 e. The van der Waals surface area contributed by atoms with E-state index in [1.165, 1.54) is 22.7 Å². The molecule has 0 saturated carbocycles. The van der Waals surface area contributed by atoms with E-state index in [0.717, 1.165) is 27.2 Å². The molecular formula is C20H19ClN4OS2. The fraction of sp³-hybridized carbons (Fsp3) is 0.250. The molecule has 1 amide bonds. The van der Waals surface area contributed by atoms with Crippen molar-refractivity contribution in [2.45, 2.75) is 27.3 Å². The van der Waals surface area contributed by atoms with Crippen LogP contribution in [0.1, 0.15) is 26.6 Å². The number of aryl methyl sites for hydroxylation is 3. The molecule has 0 radical (unpaired) electrons. The fourth-order valence-corrected chi connectivity index (χ4v) is 5.29. The lowest BCUT2D eigenvalue weighted by Crippen LogP contribution is -2.33. The summed E-state index contributed by atoms with van der Waals surface area (Å²) in [4.78, 5) is 20.4. The highest BCUT2D eigenvalue weighted by atomic mass is 35.5. The highest BCUT2D eigenvalue weighted by molar-refractivity contribution is 7.22. The van der Waals surface area contributed by atoms with Crippen LogP contribution in [-0.4, -0.2) is 27.2 Å².